The Morgan fingerprint density at radius 3 is 2.53 bits per heavy atom. The zero-order chi connectivity index (χ0) is 31.6. The fourth-order valence-corrected chi connectivity index (χ4v) is 5.22. The summed E-state index contributed by atoms with van der Waals surface area (Å²) in [5, 5.41) is 10.1. The van der Waals surface area contributed by atoms with Gasteiger partial charge in [0, 0.05) is 69.0 Å². The summed E-state index contributed by atoms with van der Waals surface area (Å²) in [6.45, 7) is 3.22. The number of carbonyl (C=O) groups excluding carboxylic acids is 1. The molecule has 0 saturated carbocycles. The summed E-state index contributed by atoms with van der Waals surface area (Å²) in [4.78, 5) is 21.8. The summed E-state index contributed by atoms with van der Waals surface area (Å²) < 4.78 is 45.6. The van der Waals surface area contributed by atoms with Crippen molar-refractivity contribution in [2.75, 3.05) is 43.9 Å². The maximum absolute atomic E-state index is 14.0. The van der Waals surface area contributed by atoms with Crippen LogP contribution in [-0.2, 0) is 19.8 Å². The molecule has 5 aromatic rings. The number of piperazine rings is 1. The standard InChI is InChI=1S/C33H31F3N8O/c1-41-13-15-43(16-14-41)21-25-9-10-26(18-29(25)33(34,35)36)40-32(45)24-6-3-5-23(17-24)8-11-28-20-37-31-30(7-4-12-44(28)31)39-27-19-38-42(2)22-27/h3-7,9-10,12,17-20,22,39H,13-16,21H2,1-2H3,(H,40,45). The molecule has 3 aromatic heterocycles. The Hall–Kier alpha value is -5.12. The average Bonchev–Trinajstić information content (AvgIpc) is 3.63. The number of imidazole rings is 1. The van der Waals surface area contributed by atoms with E-state index in [0.29, 0.717) is 30.0 Å². The lowest BCUT2D eigenvalue weighted by molar-refractivity contribution is -0.138. The number of amides is 1. The van der Waals surface area contributed by atoms with Gasteiger partial charge in [-0.25, -0.2) is 4.98 Å². The number of aromatic nitrogens is 4. The molecule has 12 heteroatoms. The number of alkyl halides is 3. The molecule has 2 N–H and O–H groups in total. The van der Waals surface area contributed by atoms with Crippen molar-refractivity contribution in [3.05, 3.63) is 107 Å². The zero-order valence-electron chi connectivity index (χ0n) is 24.8. The lowest BCUT2D eigenvalue weighted by Crippen LogP contribution is -2.44. The Balaban J connectivity index is 1.17. The molecule has 0 aliphatic carbocycles. The van der Waals surface area contributed by atoms with Crippen LogP contribution in [0.5, 0.6) is 0 Å². The summed E-state index contributed by atoms with van der Waals surface area (Å²) >= 11 is 0. The third-order valence-corrected chi connectivity index (χ3v) is 7.64. The van der Waals surface area contributed by atoms with Gasteiger partial charge in [-0.05, 0) is 61.0 Å². The average molecular weight is 613 g/mol. The van der Waals surface area contributed by atoms with Crippen LogP contribution in [0.25, 0.3) is 5.65 Å². The van der Waals surface area contributed by atoms with Gasteiger partial charge in [-0.1, -0.05) is 18.1 Å². The topological polar surface area (TPSA) is 82.7 Å². The van der Waals surface area contributed by atoms with E-state index in [4.69, 9.17) is 0 Å². The van der Waals surface area contributed by atoms with Crippen molar-refractivity contribution in [2.24, 2.45) is 7.05 Å². The second-order valence-corrected chi connectivity index (χ2v) is 11.0. The Bertz CT molecular complexity index is 1910. The lowest BCUT2D eigenvalue weighted by Gasteiger charge is -2.33. The molecule has 45 heavy (non-hydrogen) atoms. The minimum Gasteiger partial charge on any atom is -0.350 e. The molecule has 6 rings (SSSR count). The highest BCUT2D eigenvalue weighted by molar-refractivity contribution is 6.04. The third-order valence-electron chi connectivity index (χ3n) is 7.64. The first-order chi connectivity index (χ1) is 21.6. The molecule has 0 radical (unpaired) electrons. The van der Waals surface area contributed by atoms with Gasteiger partial charge in [0.15, 0.2) is 5.65 Å². The van der Waals surface area contributed by atoms with Crippen molar-refractivity contribution in [3.63, 3.8) is 0 Å². The molecule has 0 unspecified atom stereocenters. The van der Waals surface area contributed by atoms with Gasteiger partial charge in [0.05, 0.1) is 29.3 Å². The summed E-state index contributed by atoms with van der Waals surface area (Å²) in [5.74, 6) is 5.64. The fraction of sp³-hybridized carbons (Fsp3) is 0.242. The maximum Gasteiger partial charge on any atom is 0.416 e. The fourth-order valence-electron chi connectivity index (χ4n) is 5.22. The minimum atomic E-state index is -4.55. The summed E-state index contributed by atoms with van der Waals surface area (Å²) in [7, 11) is 3.84. The molecule has 0 spiro atoms. The molecule has 1 saturated heterocycles. The van der Waals surface area contributed by atoms with E-state index in [1.165, 1.54) is 12.1 Å². The van der Waals surface area contributed by atoms with Crippen molar-refractivity contribution in [1.29, 1.82) is 0 Å². The van der Waals surface area contributed by atoms with E-state index >= 15 is 0 Å². The van der Waals surface area contributed by atoms with Crippen LogP contribution in [0.15, 0.2) is 79.4 Å². The molecular formula is C33H31F3N8O. The SMILES string of the molecule is CN1CCN(Cc2ccc(NC(=O)c3cccc(C#Cc4cnc5c(Nc6cnn(C)c6)cccn45)c3)cc2C(F)(F)F)CC1. The number of aryl methyl sites for hydroxylation is 1. The molecule has 1 aliphatic heterocycles. The number of fused-ring (bicyclic) bond motifs is 1. The molecule has 1 amide bonds. The van der Waals surface area contributed by atoms with Crippen LogP contribution in [-0.4, -0.2) is 68.1 Å². The second kappa shape index (κ2) is 12.5. The van der Waals surface area contributed by atoms with Gasteiger partial charge < -0.3 is 15.5 Å². The van der Waals surface area contributed by atoms with Crippen LogP contribution in [0.3, 0.4) is 0 Å². The van der Waals surface area contributed by atoms with Gasteiger partial charge in [0.25, 0.3) is 5.91 Å². The molecule has 4 heterocycles. The summed E-state index contributed by atoms with van der Waals surface area (Å²) in [6, 6.07) is 14.4. The predicted octanol–water partition coefficient (Wildman–Crippen LogP) is 5.23. The van der Waals surface area contributed by atoms with Crippen LogP contribution in [0.2, 0.25) is 0 Å². The Morgan fingerprint density at radius 2 is 1.78 bits per heavy atom. The smallest absolute Gasteiger partial charge is 0.350 e. The Kier molecular flexibility index (Phi) is 8.30. The molecule has 230 valence electrons. The quantitative estimate of drug-likeness (QED) is 0.256. The minimum absolute atomic E-state index is 0.0763. The van der Waals surface area contributed by atoms with Gasteiger partial charge in [0.2, 0.25) is 0 Å². The molecule has 1 aliphatic rings. The molecule has 2 aromatic carbocycles. The second-order valence-electron chi connectivity index (χ2n) is 11.0. The van der Waals surface area contributed by atoms with Gasteiger partial charge in [-0.15, -0.1) is 0 Å². The molecule has 0 bridgehead atoms. The molecular weight excluding hydrogens is 581 g/mol. The third kappa shape index (κ3) is 7.01. The number of nitrogens with one attached hydrogen (secondary N) is 2. The number of carbonyl (C=O) groups is 1. The number of rotatable bonds is 6. The number of nitrogens with zero attached hydrogens (tertiary/aromatic N) is 6. The predicted molar refractivity (Wildman–Crippen MR) is 166 cm³/mol. The van der Waals surface area contributed by atoms with Crippen molar-refractivity contribution in [2.45, 2.75) is 12.7 Å². The van der Waals surface area contributed by atoms with Gasteiger partial charge in [-0.2, -0.15) is 18.3 Å². The van der Waals surface area contributed by atoms with Crippen LogP contribution >= 0.6 is 0 Å². The van der Waals surface area contributed by atoms with Gasteiger partial charge >= 0.3 is 6.18 Å². The number of pyridine rings is 1. The maximum atomic E-state index is 14.0. The van der Waals surface area contributed by atoms with Gasteiger partial charge in [-0.3, -0.25) is 18.8 Å². The Labute approximate surface area is 258 Å². The largest absolute Gasteiger partial charge is 0.416 e. The lowest BCUT2D eigenvalue weighted by atomic mass is 10.0. The normalized spacial score (nSPS) is 14.2. The molecule has 9 nitrogen and oxygen atoms in total. The van der Waals surface area contributed by atoms with E-state index in [1.807, 2.05) is 47.9 Å². The number of hydrogen-bond donors (Lipinski definition) is 2. The first-order valence-electron chi connectivity index (χ1n) is 14.4. The van der Waals surface area contributed by atoms with Crippen molar-refractivity contribution in [1.82, 2.24) is 29.0 Å². The van der Waals surface area contributed by atoms with Gasteiger partial charge in [0.1, 0.15) is 5.69 Å². The number of halogens is 3. The van der Waals surface area contributed by atoms with E-state index in [-0.39, 0.29) is 23.4 Å². The van der Waals surface area contributed by atoms with Crippen LogP contribution in [0, 0.1) is 11.8 Å². The highest BCUT2D eigenvalue weighted by Crippen LogP contribution is 2.35. The zero-order valence-corrected chi connectivity index (χ0v) is 24.8. The summed E-state index contributed by atoms with van der Waals surface area (Å²) in [6.07, 6.45) is 2.55. The van der Waals surface area contributed by atoms with Crippen molar-refractivity contribution < 1.29 is 18.0 Å². The van der Waals surface area contributed by atoms with E-state index in [9.17, 15) is 18.0 Å². The number of anilines is 3. The van der Waals surface area contributed by atoms with Crippen LogP contribution in [0.1, 0.15) is 32.7 Å². The highest BCUT2D eigenvalue weighted by Gasteiger charge is 2.34. The van der Waals surface area contributed by atoms with E-state index in [0.717, 1.165) is 30.5 Å². The molecule has 1 fully saturated rings. The van der Waals surface area contributed by atoms with E-state index < -0.39 is 17.6 Å². The number of hydrogen-bond acceptors (Lipinski definition) is 6. The van der Waals surface area contributed by atoms with E-state index in [1.54, 1.807) is 41.3 Å². The first kappa shape index (κ1) is 29.9. The van der Waals surface area contributed by atoms with Crippen molar-refractivity contribution in [3.8, 4) is 11.8 Å². The number of benzene rings is 2. The molecule has 0 atom stereocenters. The first-order valence-corrected chi connectivity index (χ1v) is 14.4. The number of likely N-dealkylation sites (N-methyl/N-ethyl adjacent to an activating group) is 1. The van der Waals surface area contributed by atoms with Crippen LogP contribution < -0.4 is 10.6 Å². The highest BCUT2D eigenvalue weighted by atomic mass is 19.4. The van der Waals surface area contributed by atoms with Crippen LogP contribution in [0.4, 0.5) is 30.2 Å². The van der Waals surface area contributed by atoms with E-state index in [2.05, 4.69) is 37.5 Å². The Morgan fingerprint density at radius 1 is 0.956 bits per heavy atom. The monoisotopic (exact) mass is 612 g/mol. The summed E-state index contributed by atoms with van der Waals surface area (Å²) in [5.41, 5.74) is 3.31. The van der Waals surface area contributed by atoms with Crippen molar-refractivity contribution >= 4 is 28.6 Å².